The van der Waals surface area contributed by atoms with Crippen molar-refractivity contribution in [2.45, 2.75) is 13.8 Å². The van der Waals surface area contributed by atoms with Gasteiger partial charge < -0.3 is 10.2 Å². The molecule has 2 aromatic carbocycles. The second-order valence-corrected chi connectivity index (χ2v) is 5.80. The summed E-state index contributed by atoms with van der Waals surface area (Å²) in [6, 6.07) is 10.2. The van der Waals surface area contributed by atoms with Crippen molar-refractivity contribution in [3.05, 3.63) is 58.9 Å². The molecule has 0 radical (unpaired) electrons. The van der Waals surface area contributed by atoms with Crippen LogP contribution in [-0.2, 0) is 9.59 Å². The summed E-state index contributed by atoms with van der Waals surface area (Å²) in [4.78, 5) is 36.6. The first-order valence-corrected chi connectivity index (χ1v) is 7.79. The Hall–Kier alpha value is -2.73. The standard InChI is InChI=1S/C18H16ClFN2O3/c1-11(23)13-4-3-5-14(8-13)21-18(25)10-22(12(2)24)15-6-7-17(20)16(19)9-15/h3-9H,10H2,1-2H3,(H,21,25). The highest BCUT2D eigenvalue weighted by Gasteiger charge is 2.17. The molecule has 0 bridgehead atoms. The summed E-state index contributed by atoms with van der Waals surface area (Å²) >= 11 is 5.73. The Morgan fingerprint density at radius 2 is 1.84 bits per heavy atom. The van der Waals surface area contributed by atoms with E-state index in [0.717, 1.165) is 6.07 Å². The van der Waals surface area contributed by atoms with Gasteiger partial charge >= 0.3 is 0 Å². The number of rotatable bonds is 5. The van der Waals surface area contributed by atoms with Crippen LogP contribution in [0, 0.1) is 5.82 Å². The molecule has 0 heterocycles. The fourth-order valence-electron chi connectivity index (χ4n) is 2.20. The molecule has 2 amide bonds. The van der Waals surface area contributed by atoms with E-state index in [4.69, 9.17) is 11.6 Å². The van der Waals surface area contributed by atoms with Gasteiger partial charge in [-0.15, -0.1) is 0 Å². The predicted molar refractivity (Wildman–Crippen MR) is 94.5 cm³/mol. The minimum Gasteiger partial charge on any atom is -0.325 e. The molecule has 130 valence electrons. The van der Waals surface area contributed by atoms with Crippen LogP contribution >= 0.6 is 11.6 Å². The minimum absolute atomic E-state index is 0.123. The summed E-state index contributed by atoms with van der Waals surface area (Å²) in [6.07, 6.45) is 0. The van der Waals surface area contributed by atoms with Crippen molar-refractivity contribution in [3.63, 3.8) is 0 Å². The van der Waals surface area contributed by atoms with Gasteiger partial charge in [0, 0.05) is 23.9 Å². The number of hydrogen-bond donors (Lipinski definition) is 1. The minimum atomic E-state index is -0.612. The Morgan fingerprint density at radius 1 is 1.12 bits per heavy atom. The van der Waals surface area contributed by atoms with E-state index in [1.807, 2.05) is 0 Å². The van der Waals surface area contributed by atoms with Crippen LogP contribution in [0.25, 0.3) is 0 Å². The van der Waals surface area contributed by atoms with Crippen LogP contribution in [0.4, 0.5) is 15.8 Å². The maximum atomic E-state index is 13.3. The molecule has 0 spiro atoms. The number of nitrogens with one attached hydrogen (secondary N) is 1. The average Bonchev–Trinajstić information content (AvgIpc) is 2.55. The zero-order chi connectivity index (χ0) is 18.6. The van der Waals surface area contributed by atoms with Crippen LogP contribution < -0.4 is 10.2 Å². The van der Waals surface area contributed by atoms with E-state index in [1.165, 1.54) is 30.9 Å². The normalized spacial score (nSPS) is 10.2. The third-order valence-corrected chi connectivity index (χ3v) is 3.74. The monoisotopic (exact) mass is 362 g/mol. The highest BCUT2D eigenvalue weighted by Crippen LogP contribution is 2.23. The van der Waals surface area contributed by atoms with Gasteiger partial charge in [-0.3, -0.25) is 14.4 Å². The van der Waals surface area contributed by atoms with Crippen LogP contribution in [0.1, 0.15) is 24.2 Å². The van der Waals surface area contributed by atoms with Crippen molar-refractivity contribution < 1.29 is 18.8 Å². The number of anilines is 2. The number of hydrogen-bond acceptors (Lipinski definition) is 3. The molecular weight excluding hydrogens is 347 g/mol. The number of amides is 2. The average molecular weight is 363 g/mol. The van der Waals surface area contributed by atoms with Crippen LogP contribution in [0.5, 0.6) is 0 Å². The van der Waals surface area contributed by atoms with Gasteiger partial charge in [-0.1, -0.05) is 23.7 Å². The molecule has 0 aliphatic heterocycles. The summed E-state index contributed by atoms with van der Waals surface area (Å²) < 4.78 is 13.3. The fraction of sp³-hybridized carbons (Fsp3) is 0.167. The lowest BCUT2D eigenvalue weighted by atomic mass is 10.1. The van der Waals surface area contributed by atoms with E-state index in [-0.39, 0.29) is 17.4 Å². The van der Waals surface area contributed by atoms with Gasteiger partial charge in [-0.25, -0.2) is 4.39 Å². The lowest BCUT2D eigenvalue weighted by Gasteiger charge is -2.21. The van der Waals surface area contributed by atoms with Crippen molar-refractivity contribution in [2.24, 2.45) is 0 Å². The van der Waals surface area contributed by atoms with Crippen molar-refractivity contribution in [1.29, 1.82) is 0 Å². The number of nitrogens with zero attached hydrogens (tertiary/aromatic N) is 1. The van der Waals surface area contributed by atoms with E-state index < -0.39 is 17.6 Å². The quantitative estimate of drug-likeness (QED) is 0.825. The third-order valence-electron chi connectivity index (χ3n) is 3.45. The maximum absolute atomic E-state index is 13.3. The number of Topliss-reactive ketones (excluding diaryl/α,β-unsaturated/α-hetero) is 1. The smallest absolute Gasteiger partial charge is 0.244 e. The molecule has 7 heteroatoms. The second kappa shape index (κ2) is 7.90. The number of ketones is 1. The maximum Gasteiger partial charge on any atom is 0.244 e. The highest BCUT2D eigenvalue weighted by atomic mass is 35.5. The molecule has 0 atom stereocenters. The predicted octanol–water partition coefficient (Wildman–Crippen LogP) is 3.67. The topological polar surface area (TPSA) is 66.5 Å². The zero-order valence-corrected chi connectivity index (χ0v) is 14.4. The molecule has 1 N–H and O–H groups in total. The number of carbonyl (C=O) groups is 3. The Bertz CT molecular complexity index is 839. The van der Waals surface area contributed by atoms with Crippen molar-refractivity contribution >= 4 is 40.6 Å². The summed E-state index contributed by atoms with van der Waals surface area (Å²) in [6.45, 7) is 2.44. The van der Waals surface area contributed by atoms with Gasteiger partial charge in [0.1, 0.15) is 12.4 Å². The summed E-state index contributed by atoms with van der Waals surface area (Å²) in [5.41, 5.74) is 1.22. The zero-order valence-electron chi connectivity index (χ0n) is 13.7. The molecule has 0 aromatic heterocycles. The lowest BCUT2D eigenvalue weighted by Crippen LogP contribution is -2.36. The van der Waals surface area contributed by atoms with Gasteiger partial charge in [0.05, 0.1) is 5.02 Å². The van der Waals surface area contributed by atoms with Gasteiger partial charge in [0.2, 0.25) is 11.8 Å². The molecule has 5 nitrogen and oxygen atoms in total. The van der Waals surface area contributed by atoms with Gasteiger partial charge in [0.15, 0.2) is 5.78 Å². The van der Waals surface area contributed by atoms with E-state index in [9.17, 15) is 18.8 Å². The van der Waals surface area contributed by atoms with E-state index in [0.29, 0.717) is 16.9 Å². The molecule has 0 unspecified atom stereocenters. The first kappa shape index (κ1) is 18.6. The Labute approximate surface area is 149 Å². The second-order valence-electron chi connectivity index (χ2n) is 5.39. The first-order valence-electron chi connectivity index (χ1n) is 7.42. The largest absolute Gasteiger partial charge is 0.325 e. The lowest BCUT2D eigenvalue weighted by molar-refractivity contribution is -0.120. The number of carbonyl (C=O) groups excluding carboxylic acids is 3. The third kappa shape index (κ3) is 4.87. The molecule has 0 aliphatic carbocycles. The molecule has 0 fully saturated rings. The Balaban J connectivity index is 2.15. The van der Waals surface area contributed by atoms with E-state index in [1.54, 1.807) is 24.3 Å². The molecule has 0 aliphatic rings. The van der Waals surface area contributed by atoms with Gasteiger partial charge in [-0.2, -0.15) is 0 Å². The molecular formula is C18H16ClFN2O3. The van der Waals surface area contributed by atoms with Crippen molar-refractivity contribution in [2.75, 3.05) is 16.8 Å². The Morgan fingerprint density at radius 3 is 2.44 bits per heavy atom. The van der Waals surface area contributed by atoms with Gasteiger partial charge in [-0.05, 0) is 37.3 Å². The number of benzene rings is 2. The molecule has 0 saturated heterocycles. The van der Waals surface area contributed by atoms with Crippen molar-refractivity contribution in [1.82, 2.24) is 0 Å². The number of halogens is 2. The van der Waals surface area contributed by atoms with Crippen molar-refractivity contribution in [3.8, 4) is 0 Å². The van der Waals surface area contributed by atoms with Crippen LogP contribution in [-0.4, -0.2) is 24.1 Å². The first-order chi connectivity index (χ1) is 11.8. The van der Waals surface area contributed by atoms with Crippen LogP contribution in [0.15, 0.2) is 42.5 Å². The fourth-order valence-corrected chi connectivity index (χ4v) is 2.37. The molecule has 2 rings (SSSR count). The van der Waals surface area contributed by atoms with E-state index in [2.05, 4.69) is 5.32 Å². The van der Waals surface area contributed by atoms with Crippen LogP contribution in [0.2, 0.25) is 5.02 Å². The Kier molecular flexibility index (Phi) is 5.88. The van der Waals surface area contributed by atoms with Crippen LogP contribution in [0.3, 0.4) is 0 Å². The summed E-state index contributed by atoms with van der Waals surface area (Å²) in [5, 5.41) is 2.49. The van der Waals surface area contributed by atoms with Gasteiger partial charge in [0.25, 0.3) is 0 Å². The SMILES string of the molecule is CC(=O)c1cccc(NC(=O)CN(C(C)=O)c2ccc(F)c(Cl)c2)c1. The summed E-state index contributed by atoms with van der Waals surface area (Å²) in [7, 11) is 0. The summed E-state index contributed by atoms with van der Waals surface area (Å²) in [5.74, 6) is -1.59. The molecule has 0 saturated carbocycles. The molecule has 25 heavy (non-hydrogen) atoms. The van der Waals surface area contributed by atoms with E-state index >= 15 is 0 Å². The highest BCUT2D eigenvalue weighted by molar-refractivity contribution is 6.31. The molecule has 2 aromatic rings.